The van der Waals surface area contributed by atoms with Gasteiger partial charge in [0, 0.05) is 23.8 Å². The third-order valence-electron chi connectivity index (χ3n) is 6.38. The van der Waals surface area contributed by atoms with Crippen molar-refractivity contribution in [3.63, 3.8) is 0 Å². The number of piperidine rings is 2. The monoisotopic (exact) mass is 340 g/mol. The summed E-state index contributed by atoms with van der Waals surface area (Å²) < 4.78 is 0. The van der Waals surface area contributed by atoms with Crippen LogP contribution in [0.2, 0.25) is 0 Å². The van der Waals surface area contributed by atoms with Gasteiger partial charge in [0.05, 0.1) is 5.66 Å². The minimum absolute atomic E-state index is 0.0661. The Morgan fingerprint density at radius 1 is 1.28 bits per heavy atom. The van der Waals surface area contributed by atoms with E-state index in [-0.39, 0.29) is 24.0 Å². The summed E-state index contributed by atoms with van der Waals surface area (Å²) in [5.74, 6) is 1.33. The molecule has 6 nitrogen and oxygen atoms in total. The van der Waals surface area contributed by atoms with Gasteiger partial charge in [0.15, 0.2) is 0 Å². The van der Waals surface area contributed by atoms with E-state index >= 15 is 0 Å². The van der Waals surface area contributed by atoms with Crippen molar-refractivity contribution in [3.8, 4) is 0 Å². The first-order valence-electron chi connectivity index (χ1n) is 9.26. The van der Waals surface area contributed by atoms with E-state index in [1.54, 1.807) is 17.0 Å². The largest absolute Gasteiger partial charge is 0.399 e. The fourth-order valence-electron chi connectivity index (χ4n) is 5.74. The van der Waals surface area contributed by atoms with Gasteiger partial charge in [0.25, 0.3) is 5.91 Å². The molecule has 3 heterocycles. The van der Waals surface area contributed by atoms with Crippen molar-refractivity contribution in [2.24, 2.45) is 11.8 Å². The number of benzene rings is 1. The van der Waals surface area contributed by atoms with Crippen LogP contribution >= 0.6 is 0 Å². The number of hydrogen-bond acceptors (Lipinski definition) is 4. The normalized spacial score (nSPS) is 35.1. The number of amides is 2. The van der Waals surface area contributed by atoms with Crippen LogP contribution in [0.1, 0.15) is 48.0 Å². The molecule has 2 unspecified atom stereocenters. The van der Waals surface area contributed by atoms with Crippen molar-refractivity contribution < 1.29 is 9.59 Å². The molecule has 25 heavy (non-hydrogen) atoms. The van der Waals surface area contributed by atoms with Gasteiger partial charge >= 0.3 is 0 Å². The van der Waals surface area contributed by atoms with Gasteiger partial charge in [-0.1, -0.05) is 0 Å². The van der Waals surface area contributed by atoms with Crippen LogP contribution in [0.4, 0.5) is 5.69 Å². The van der Waals surface area contributed by atoms with E-state index in [2.05, 4.69) is 10.6 Å². The highest BCUT2D eigenvalue weighted by Crippen LogP contribution is 2.48. The van der Waals surface area contributed by atoms with Crippen LogP contribution < -0.4 is 16.4 Å². The summed E-state index contributed by atoms with van der Waals surface area (Å²) in [6.45, 7) is 0.567. The maximum Gasteiger partial charge on any atom is 0.254 e. The SMILES string of the molecule is Nc1ccc2c(c1)CN(CC(=O)NC13CC4CC(CC(C4)N1)C3)C2=O. The van der Waals surface area contributed by atoms with E-state index < -0.39 is 0 Å². The summed E-state index contributed by atoms with van der Waals surface area (Å²) in [5.41, 5.74) is 7.78. The van der Waals surface area contributed by atoms with Crippen LogP contribution in [0.15, 0.2) is 18.2 Å². The smallest absolute Gasteiger partial charge is 0.254 e. The third-order valence-corrected chi connectivity index (χ3v) is 6.38. The first-order valence-corrected chi connectivity index (χ1v) is 9.26. The Morgan fingerprint density at radius 3 is 2.76 bits per heavy atom. The van der Waals surface area contributed by atoms with Crippen molar-refractivity contribution in [2.45, 2.75) is 50.4 Å². The lowest BCUT2D eigenvalue weighted by molar-refractivity contribution is -0.128. The van der Waals surface area contributed by atoms with Gasteiger partial charge in [0.1, 0.15) is 6.54 Å². The van der Waals surface area contributed by atoms with Crippen LogP contribution in [0.5, 0.6) is 0 Å². The fourth-order valence-corrected chi connectivity index (χ4v) is 5.74. The molecule has 0 aromatic heterocycles. The van der Waals surface area contributed by atoms with Crippen molar-refractivity contribution in [2.75, 3.05) is 12.3 Å². The van der Waals surface area contributed by atoms with E-state index in [0.717, 1.165) is 30.2 Å². The average molecular weight is 340 g/mol. The number of carbonyl (C=O) groups excluding carboxylic acids is 2. The predicted octanol–water partition coefficient (Wildman–Crippen LogP) is 1.22. The molecule has 3 aliphatic heterocycles. The van der Waals surface area contributed by atoms with Crippen LogP contribution in [-0.4, -0.2) is 35.0 Å². The quantitative estimate of drug-likeness (QED) is 0.722. The Morgan fingerprint density at radius 2 is 2.04 bits per heavy atom. The molecule has 6 rings (SSSR count). The average Bonchev–Trinajstić information content (AvgIpc) is 2.80. The molecule has 2 saturated heterocycles. The van der Waals surface area contributed by atoms with Crippen molar-refractivity contribution in [1.82, 2.24) is 15.5 Å². The number of rotatable bonds is 3. The number of nitrogen functional groups attached to an aromatic ring is 1. The molecule has 1 aromatic rings. The number of hydrogen-bond donors (Lipinski definition) is 3. The molecule has 5 aliphatic rings. The third kappa shape index (κ3) is 2.51. The highest BCUT2D eigenvalue weighted by atomic mass is 16.2. The molecule has 4 N–H and O–H groups in total. The Labute approximate surface area is 147 Å². The van der Waals surface area contributed by atoms with E-state index in [1.807, 2.05) is 6.07 Å². The molecule has 132 valence electrons. The van der Waals surface area contributed by atoms with Gasteiger partial charge in [-0.15, -0.1) is 0 Å². The van der Waals surface area contributed by atoms with E-state index in [4.69, 9.17) is 5.73 Å². The molecule has 6 heteroatoms. The second kappa shape index (κ2) is 5.21. The molecule has 2 saturated carbocycles. The zero-order chi connectivity index (χ0) is 17.2. The lowest BCUT2D eigenvalue weighted by atomic mass is 9.62. The summed E-state index contributed by atoms with van der Waals surface area (Å²) in [7, 11) is 0. The van der Waals surface area contributed by atoms with Gasteiger partial charge in [-0.3, -0.25) is 14.9 Å². The highest BCUT2D eigenvalue weighted by molar-refractivity contribution is 6.00. The summed E-state index contributed by atoms with van der Waals surface area (Å²) in [6.07, 6.45) is 5.86. The number of nitrogens with one attached hydrogen (secondary N) is 2. The number of carbonyl (C=O) groups is 2. The predicted molar refractivity (Wildman–Crippen MR) is 93.5 cm³/mol. The zero-order valence-electron chi connectivity index (χ0n) is 14.3. The number of nitrogens with two attached hydrogens (primary N) is 1. The van der Waals surface area contributed by atoms with Gasteiger partial charge in [-0.25, -0.2) is 0 Å². The minimum atomic E-state index is -0.244. The topological polar surface area (TPSA) is 87.5 Å². The summed E-state index contributed by atoms with van der Waals surface area (Å²) >= 11 is 0. The zero-order valence-corrected chi connectivity index (χ0v) is 14.3. The molecule has 2 aliphatic carbocycles. The van der Waals surface area contributed by atoms with E-state index in [1.165, 1.54) is 19.3 Å². The molecule has 4 bridgehead atoms. The lowest BCUT2D eigenvalue weighted by Crippen LogP contribution is -2.71. The molecule has 2 amide bonds. The van der Waals surface area contributed by atoms with Gasteiger partial charge in [-0.2, -0.15) is 0 Å². The van der Waals surface area contributed by atoms with E-state index in [9.17, 15) is 9.59 Å². The molecule has 1 aromatic carbocycles. The minimum Gasteiger partial charge on any atom is -0.399 e. The number of fused-ring (bicyclic) bond motifs is 1. The van der Waals surface area contributed by atoms with Crippen molar-refractivity contribution in [1.29, 1.82) is 0 Å². The van der Waals surface area contributed by atoms with Crippen LogP contribution in [0, 0.1) is 11.8 Å². The second-order valence-corrected chi connectivity index (χ2v) is 8.40. The second-order valence-electron chi connectivity index (χ2n) is 8.40. The van der Waals surface area contributed by atoms with Gasteiger partial charge in [0.2, 0.25) is 5.91 Å². The number of anilines is 1. The maximum atomic E-state index is 12.7. The van der Waals surface area contributed by atoms with Crippen molar-refractivity contribution in [3.05, 3.63) is 29.3 Å². The maximum absolute atomic E-state index is 12.7. The van der Waals surface area contributed by atoms with Gasteiger partial charge < -0.3 is 16.0 Å². The van der Waals surface area contributed by atoms with Gasteiger partial charge in [-0.05, 0) is 67.7 Å². The first kappa shape index (κ1) is 15.2. The Hall–Kier alpha value is -2.08. The van der Waals surface area contributed by atoms with Crippen LogP contribution in [0.3, 0.4) is 0 Å². The Bertz CT molecular complexity index is 725. The Balaban J connectivity index is 1.27. The highest BCUT2D eigenvalue weighted by Gasteiger charge is 2.51. The van der Waals surface area contributed by atoms with Crippen molar-refractivity contribution >= 4 is 17.5 Å². The van der Waals surface area contributed by atoms with Crippen LogP contribution in [-0.2, 0) is 11.3 Å². The van der Waals surface area contributed by atoms with Crippen LogP contribution in [0.25, 0.3) is 0 Å². The molecule has 4 fully saturated rings. The Kier molecular flexibility index (Phi) is 3.17. The molecular weight excluding hydrogens is 316 g/mol. The summed E-state index contributed by atoms with van der Waals surface area (Å²) in [5, 5.41) is 6.91. The summed E-state index contributed by atoms with van der Waals surface area (Å²) in [6, 6.07) is 5.86. The lowest BCUT2D eigenvalue weighted by Gasteiger charge is -2.57. The van der Waals surface area contributed by atoms with E-state index in [0.29, 0.717) is 23.8 Å². The fraction of sp³-hybridized carbons (Fsp3) is 0.579. The summed E-state index contributed by atoms with van der Waals surface area (Å²) in [4.78, 5) is 26.8. The first-order chi connectivity index (χ1) is 12.0. The molecule has 2 atom stereocenters. The number of nitrogens with zero attached hydrogens (tertiary/aromatic N) is 1. The standard InChI is InChI=1S/C19H24N4O2/c20-14-1-2-16-13(6-14)9-23(18(16)25)10-17(24)22-19-7-11-3-12(8-19)5-15(4-11)21-19/h1-2,6,11-12,15,21H,3-5,7-10,20H2,(H,22,24). The molecule has 0 radical (unpaired) electrons. The molecular formula is C19H24N4O2. The molecule has 0 spiro atoms.